The van der Waals surface area contributed by atoms with Gasteiger partial charge >= 0.3 is 0 Å². The van der Waals surface area contributed by atoms with Gasteiger partial charge in [0.25, 0.3) is 0 Å². The van der Waals surface area contributed by atoms with Crippen molar-refractivity contribution in [2.45, 2.75) is 33.7 Å². The second-order valence-corrected chi connectivity index (χ2v) is 3.87. The van der Waals surface area contributed by atoms with Crippen LogP contribution in [0.5, 0.6) is 0 Å². The summed E-state index contributed by atoms with van der Waals surface area (Å²) in [6.07, 6.45) is 0. The number of anilines is 2. The van der Waals surface area contributed by atoms with Gasteiger partial charge in [0.15, 0.2) is 0 Å². The molecule has 0 aliphatic carbocycles. The van der Waals surface area contributed by atoms with Crippen molar-refractivity contribution in [3.05, 3.63) is 5.82 Å². The molecule has 1 aromatic heterocycles. The molecule has 1 heterocycles. The fourth-order valence-corrected chi connectivity index (χ4v) is 1.39. The van der Waals surface area contributed by atoms with Crippen LogP contribution in [0.3, 0.4) is 0 Å². The third-order valence-corrected chi connectivity index (χ3v) is 2.19. The van der Waals surface area contributed by atoms with Crippen molar-refractivity contribution in [1.82, 2.24) is 15.0 Å². The van der Waals surface area contributed by atoms with Crippen LogP contribution in [-0.4, -0.2) is 34.1 Å². The topological polar surface area (TPSA) is 77.7 Å². The van der Waals surface area contributed by atoms with Gasteiger partial charge in [-0.15, -0.1) is 0 Å². The summed E-state index contributed by atoms with van der Waals surface area (Å²) in [7, 11) is 0. The van der Waals surface area contributed by atoms with E-state index in [1.165, 1.54) is 0 Å². The summed E-state index contributed by atoms with van der Waals surface area (Å²) < 4.78 is 0. The Balaban J connectivity index is 3.09. The van der Waals surface area contributed by atoms with E-state index < -0.39 is 0 Å². The van der Waals surface area contributed by atoms with Gasteiger partial charge in [-0.2, -0.15) is 20.2 Å². The zero-order chi connectivity index (χ0) is 12.8. The Kier molecular flexibility index (Phi) is 4.64. The molecule has 1 N–H and O–H groups in total. The molecule has 1 rings (SSSR count). The van der Waals surface area contributed by atoms with Crippen LogP contribution in [0.2, 0.25) is 0 Å². The number of aromatic nitrogens is 3. The van der Waals surface area contributed by atoms with E-state index in [4.69, 9.17) is 5.26 Å². The summed E-state index contributed by atoms with van der Waals surface area (Å²) in [5, 5.41) is 12.0. The highest BCUT2D eigenvalue weighted by molar-refractivity contribution is 5.39. The summed E-state index contributed by atoms with van der Waals surface area (Å²) in [6, 6.07) is 2.17. The molecule has 92 valence electrons. The average Bonchev–Trinajstić information content (AvgIpc) is 2.29. The molecule has 0 spiro atoms. The van der Waals surface area contributed by atoms with Crippen LogP contribution >= 0.6 is 0 Å². The Morgan fingerprint density at radius 2 is 1.88 bits per heavy atom. The van der Waals surface area contributed by atoms with Crippen molar-refractivity contribution in [3.8, 4) is 6.07 Å². The fraction of sp³-hybridized carbons (Fsp3) is 0.636. The van der Waals surface area contributed by atoms with E-state index in [0.717, 1.165) is 13.1 Å². The molecule has 0 saturated heterocycles. The maximum atomic E-state index is 8.90. The van der Waals surface area contributed by atoms with Crippen molar-refractivity contribution >= 4 is 11.9 Å². The van der Waals surface area contributed by atoms with Crippen molar-refractivity contribution in [1.29, 1.82) is 5.26 Å². The largest absolute Gasteiger partial charge is 0.352 e. The van der Waals surface area contributed by atoms with Crippen LogP contribution in [0.15, 0.2) is 0 Å². The zero-order valence-electron chi connectivity index (χ0n) is 10.7. The lowest BCUT2D eigenvalue weighted by Gasteiger charge is -2.19. The van der Waals surface area contributed by atoms with Crippen LogP contribution < -0.4 is 10.2 Å². The minimum Gasteiger partial charge on any atom is -0.352 e. The number of nitriles is 1. The van der Waals surface area contributed by atoms with E-state index in [-0.39, 0.29) is 11.9 Å². The standard InChI is InChI=1S/C11H18N6/c1-5-17(6-2)11-15-9(7-12)14-10(16-11)13-8(3)4/h8H,5-6H2,1-4H3,(H,13,14,15,16). The van der Waals surface area contributed by atoms with E-state index in [1.54, 1.807) is 0 Å². The molecule has 0 atom stereocenters. The number of hydrogen-bond acceptors (Lipinski definition) is 6. The van der Waals surface area contributed by atoms with Crippen LogP contribution in [0.1, 0.15) is 33.5 Å². The van der Waals surface area contributed by atoms with Gasteiger partial charge in [0.1, 0.15) is 6.07 Å². The average molecular weight is 234 g/mol. The minimum absolute atomic E-state index is 0.144. The molecule has 0 fully saturated rings. The van der Waals surface area contributed by atoms with Gasteiger partial charge in [-0.1, -0.05) is 0 Å². The maximum absolute atomic E-state index is 8.90. The predicted molar refractivity (Wildman–Crippen MR) is 66.9 cm³/mol. The molecule has 0 aliphatic rings. The van der Waals surface area contributed by atoms with Crippen molar-refractivity contribution in [2.75, 3.05) is 23.3 Å². The summed E-state index contributed by atoms with van der Waals surface area (Å²) in [5.74, 6) is 1.14. The Labute approximate surface area is 102 Å². The molecule has 6 nitrogen and oxygen atoms in total. The molecule has 17 heavy (non-hydrogen) atoms. The summed E-state index contributed by atoms with van der Waals surface area (Å²) in [4.78, 5) is 14.4. The monoisotopic (exact) mass is 234 g/mol. The molecule has 0 bridgehead atoms. The number of hydrogen-bond donors (Lipinski definition) is 1. The highest BCUT2D eigenvalue weighted by atomic mass is 15.3. The Morgan fingerprint density at radius 3 is 2.35 bits per heavy atom. The zero-order valence-corrected chi connectivity index (χ0v) is 10.7. The fourth-order valence-electron chi connectivity index (χ4n) is 1.39. The smallest absolute Gasteiger partial charge is 0.238 e. The van der Waals surface area contributed by atoms with Crippen LogP contribution in [0, 0.1) is 11.3 Å². The quantitative estimate of drug-likeness (QED) is 0.830. The first-order chi connectivity index (χ1) is 8.10. The maximum Gasteiger partial charge on any atom is 0.238 e. The van der Waals surface area contributed by atoms with E-state index >= 15 is 0 Å². The lowest BCUT2D eigenvalue weighted by Crippen LogP contribution is -2.26. The molecule has 0 radical (unpaired) electrons. The Hall–Kier alpha value is -1.90. The van der Waals surface area contributed by atoms with E-state index in [9.17, 15) is 0 Å². The van der Waals surface area contributed by atoms with Crippen LogP contribution in [0.25, 0.3) is 0 Å². The highest BCUT2D eigenvalue weighted by Crippen LogP contribution is 2.10. The second-order valence-electron chi connectivity index (χ2n) is 3.87. The first-order valence-corrected chi connectivity index (χ1v) is 5.78. The van der Waals surface area contributed by atoms with Crippen molar-refractivity contribution in [2.24, 2.45) is 0 Å². The molecular formula is C11H18N6. The molecule has 0 saturated carbocycles. The second kappa shape index (κ2) is 5.99. The lowest BCUT2D eigenvalue weighted by atomic mass is 10.4. The summed E-state index contributed by atoms with van der Waals surface area (Å²) in [6.45, 7) is 9.63. The van der Waals surface area contributed by atoms with Crippen molar-refractivity contribution in [3.63, 3.8) is 0 Å². The van der Waals surface area contributed by atoms with E-state index in [1.807, 2.05) is 38.7 Å². The summed E-state index contributed by atoms with van der Waals surface area (Å²) in [5.41, 5.74) is 0. The SMILES string of the molecule is CCN(CC)c1nc(C#N)nc(NC(C)C)n1. The first-order valence-electron chi connectivity index (χ1n) is 5.78. The highest BCUT2D eigenvalue weighted by Gasteiger charge is 2.11. The number of rotatable bonds is 5. The molecular weight excluding hydrogens is 216 g/mol. The van der Waals surface area contributed by atoms with Gasteiger partial charge in [-0.05, 0) is 27.7 Å². The van der Waals surface area contributed by atoms with E-state index in [2.05, 4.69) is 20.3 Å². The molecule has 1 aromatic rings. The van der Waals surface area contributed by atoms with Gasteiger partial charge in [0.2, 0.25) is 17.7 Å². The van der Waals surface area contributed by atoms with Gasteiger partial charge < -0.3 is 10.2 Å². The third-order valence-electron chi connectivity index (χ3n) is 2.19. The molecule has 6 heteroatoms. The molecule has 0 aliphatic heterocycles. The summed E-state index contributed by atoms with van der Waals surface area (Å²) >= 11 is 0. The molecule has 0 amide bonds. The van der Waals surface area contributed by atoms with Gasteiger partial charge in [0.05, 0.1) is 0 Å². The van der Waals surface area contributed by atoms with Crippen LogP contribution in [0.4, 0.5) is 11.9 Å². The first kappa shape index (κ1) is 13.2. The number of nitrogens with zero attached hydrogens (tertiary/aromatic N) is 5. The molecule has 0 unspecified atom stereocenters. The molecule has 0 aromatic carbocycles. The van der Waals surface area contributed by atoms with Crippen LogP contribution in [-0.2, 0) is 0 Å². The third kappa shape index (κ3) is 3.55. The van der Waals surface area contributed by atoms with Crippen molar-refractivity contribution < 1.29 is 0 Å². The predicted octanol–water partition coefficient (Wildman–Crippen LogP) is 1.41. The van der Waals surface area contributed by atoms with Gasteiger partial charge in [-0.3, -0.25) is 0 Å². The normalized spacial score (nSPS) is 10.1. The van der Waals surface area contributed by atoms with Gasteiger partial charge in [0, 0.05) is 19.1 Å². The van der Waals surface area contributed by atoms with E-state index in [0.29, 0.717) is 11.9 Å². The van der Waals surface area contributed by atoms with Gasteiger partial charge in [-0.25, -0.2) is 0 Å². The Bertz CT molecular complexity index is 405. The lowest BCUT2D eigenvalue weighted by molar-refractivity contribution is 0.798. The Morgan fingerprint density at radius 1 is 1.24 bits per heavy atom. The number of nitrogens with one attached hydrogen (secondary N) is 1. The minimum atomic E-state index is 0.144.